The minimum atomic E-state index is -1.22. The van der Waals surface area contributed by atoms with Gasteiger partial charge in [-0.25, -0.2) is 4.98 Å². The van der Waals surface area contributed by atoms with Gasteiger partial charge in [0, 0.05) is 12.3 Å². The highest BCUT2D eigenvalue weighted by molar-refractivity contribution is 6.06. The number of carbonyl (C=O) groups is 2. The number of nitrogens with zero attached hydrogens (tertiary/aromatic N) is 1. The summed E-state index contributed by atoms with van der Waals surface area (Å²) in [5.41, 5.74) is 4.99. The molecule has 1 atom stereocenters. The molecular weight excluding hydrogens is 314 g/mol. The summed E-state index contributed by atoms with van der Waals surface area (Å²) in [7, 11) is 0. The van der Waals surface area contributed by atoms with E-state index in [1.54, 1.807) is 0 Å². The van der Waals surface area contributed by atoms with E-state index in [0.29, 0.717) is 12.5 Å². The number of ether oxygens (including phenoxy) is 1. The highest BCUT2D eigenvalue weighted by Gasteiger charge is 2.22. The first-order valence-corrected chi connectivity index (χ1v) is 8.05. The Morgan fingerprint density at radius 3 is 2.75 bits per heavy atom. The largest absolute Gasteiger partial charge is 0.503 e. The molecular formula is C16H23N3O5. The van der Waals surface area contributed by atoms with Crippen LogP contribution in [0.4, 0.5) is 0 Å². The van der Waals surface area contributed by atoms with E-state index in [9.17, 15) is 14.7 Å². The molecule has 132 valence electrons. The number of aliphatic hydroxyl groups excluding tert-OH is 1. The van der Waals surface area contributed by atoms with Gasteiger partial charge in [-0.3, -0.25) is 14.9 Å². The van der Waals surface area contributed by atoms with Crippen LogP contribution in [0, 0.1) is 5.92 Å². The smallest absolute Gasteiger partial charge is 0.280 e. The molecule has 1 heterocycles. The second-order valence-electron chi connectivity index (χ2n) is 5.93. The zero-order valence-corrected chi connectivity index (χ0v) is 13.4. The number of imide groups is 1. The molecule has 8 heteroatoms. The summed E-state index contributed by atoms with van der Waals surface area (Å²) < 4.78 is 5.62. The SMILES string of the molecule is N[C@@H](CO)C(=O)NC(=O)c1nccc(OCC2CCCCC2)c1O. The summed E-state index contributed by atoms with van der Waals surface area (Å²) in [6.07, 6.45) is 7.10. The minimum absolute atomic E-state index is 0.152. The third kappa shape index (κ3) is 4.65. The average molecular weight is 337 g/mol. The van der Waals surface area contributed by atoms with E-state index in [2.05, 4.69) is 4.98 Å². The summed E-state index contributed by atoms with van der Waals surface area (Å²) in [6, 6.07) is 0.248. The molecule has 0 unspecified atom stereocenters. The maximum absolute atomic E-state index is 12.0. The van der Waals surface area contributed by atoms with Crippen LogP contribution in [0.15, 0.2) is 12.3 Å². The molecule has 0 bridgehead atoms. The van der Waals surface area contributed by atoms with Gasteiger partial charge < -0.3 is 20.7 Å². The summed E-state index contributed by atoms with van der Waals surface area (Å²) >= 11 is 0. The first-order chi connectivity index (χ1) is 11.5. The Bertz CT molecular complexity index is 587. The van der Waals surface area contributed by atoms with E-state index in [0.717, 1.165) is 12.8 Å². The molecule has 1 saturated carbocycles. The van der Waals surface area contributed by atoms with Crippen LogP contribution >= 0.6 is 0 Å². The van der Waals surface area contributed by atoms with E-state index in [1.807, 2.05) is 5.32 Å². The number of pyridine rings is 1. The normalized spacial score (nSPS) is 16.4. The van der Waals surface area contributed by atoms with Crippen molar-refractivity contribution in [3.63, 3.8) is 0 Å². The van der Waals surface area contributed by atoms with E-state index >= 15 is 0 Å². The molecule has 1 aliphatic rings. The van der Waals surface area contributed by atoms with Crippen molar-refractivity contribution in [2.75, 3.05) is 13.2 Å². The van der Waals surface area contributed by atoms with Crippen molar-refractivity contribution in [2.24, 2.45) is 11.7 Å². The molecule has 8 nitrogen and oxygen atoms in total. The molecule has 1 aromatic rings. The second-order valence-corrected chi connectivity index (χ2v) is 5.93. The Morgan fingerprint density at radius 2 is 2.08 bits per heavy atom. The molecule has 1 fully saturated rings. The van der Waals surface area contributed by atoms with Gasteiger partial charge in [0.2, 0.25) is 5.91 Å². The predicted molar refractivity (Wildman–Crippen MR) is 85.5 cm³/mol. The van der Waals surface area contributed by atoms with Gasteiger partial charge >= 0.3 is 0 Å². The van der Waals surface area contributed by atoms with Crippen LogP contribution in [0.2, 0.25) is 0 Å². The number of hydrogen-bond acceptors (Lipinski definition) is 7. The summed E-state index contributed by atoms with van der Waals surface area (Å²) in [5.74, 6) is -1.58. The van der Waals surface area contributed by atoms with Gasteiger partial charge in [0.25, 0.3) is 5.91 Å². The van der Waals surface area contributed by atoms with Gasteiger partial charge in [-0.15, -0.1) is 0 Å². The predicted octanol–water partition coefficient (Wildman–Crippen LogP) is 0.322. The Morgan fingerprint density at radius 1 is 1.38 bits per heavy atom. The second kappa shape index (κ2) is 8.60. The first kappa shape index (κ1) is 18.2. The third-order valence-corrected chi connectivity index (χ3v) is 4.07. The highest BCUT2D eigenvalue weighted by Crippen LogP contribution is 2.30. The van der Waals surface area contributed by atoms with E-state index in [1.165, 1.54) is 31.5 Å². The Balaban J connectivity index is 2.01. The standard InChI is InChI=1S/C16H23N3O5/c17-11(8-20)15(22)19-16(23)13-14(21)12(6-7-18-13)24-9-10-4-2-1-3-5-10/h6-7,10-11,20-21H,1-5,8-9,17H2,(H,19,22,23)/t11-/m0/s1. The van der Waals surface area contributed by atoms with Gasteiger partial charge in [0.15, 0.2) is 17.2 Å². The highest BCUT2D eigenvalue weighted by atomic mass is 16.5. The van der Waals surface area contributed by atoms with Crippen molar-refractivity contribution in [2.45, 2.75) is 38.1 Å². The van der Waals surface area contributed by atoms with Crippen LogP contribution in [0.25, 0.3) is 0 Å². The van der Waals surface area contributed by atoms with Gasteiger partial charge in [-0.2, -0.15) is 0 Å². The van der Waals surface area contributed by atoms with Crippen LogP contribution in [-0.2, 0) is 4.79 Å². The number of nitrogens with one attached hydrogen (secondary N) is 1. The van der Waals surface area contributed by atoms with Gasteiger partial charge in [-0.05, 0) is 18.8 Å². The van der Waals surface area contributed by atoms with Crippen LogP contribution < -0.4 is 15.8 Å². The van der Waals surface area contributed by atoms with Crippen molar-refractivity contribution in [3.05, 3.63) is 18.0 Å². The van der Waals surface area contributed by atoms with E-state index < -0.39 is 30.2 Å². The first-order valence-electron chi connectivity index (χ1n) is 8.05. The minimum Gasteiger partial charge on any atom is -0.503 e. The lowest BCUT2D eigenvalue weighted by atomic mass is 9.90. The van der Waals surface area contributed by atoms with Crippen molar-refractivity contribution in [3.8, 4) is 11.5 Å². The van der Waals surface area contributed by atoms with Gasteiger partial charge in [-0.1, -0.05) is 19.3 Å². The van der Waals surface area contributed by atoms with Crippen LogP contribution in [0.1, 0.15) is 42.6 Å². The van der Waals surface area contributed by atoms with E-state index in [4.69, 9.17) is 15.6 Å². The monoisotopic (exact) mass is 337 g/mol. The lowest BCUT2D eigenvalue weighted by molar-refractivity contribution is -0.122. The molecule has 0 spiro atoms. The summed E-state index contributed by atoms with van der Waals surface area (Å²) in [6.45, 7) is -0.129. The topological polar surface area (TPSA) is 135 Å². The molecule has 2 amide bonds. The molecule has 24 heavy (non-hydrogen) atoms. The molecule has 0 saturated heterocycles. The number of nitrogens with two attached hydrogens (primary N) is 1. The van der Waals surface area contributed by atoms with Crippen molar-refractivity contribution < 1.29 is 24.5 Å². The molecule has 1 aromatic heterocycles. The quantitative estimate of drug-likeness (QED) is 0.587. The molecule has 0 aromatic carbocycles. The number of aromatic hydroxyl groups is 1. The Hall–Kier alpha value is -2.19. The third-order valence-electron chi connectivity index (χ3n) is 4.07. The van der Waals surface area contributed by atoms with Crippen LogP contribution in [0.5, 0.6) is 11.5 Å². The fourth-order valence-corrected chi connectivity index (χ4v) is 2.63. The molecule has 2 rings (SSSR count). The zero-order valence-electron chi connectivity index (χ0n) is 13.4. The average Bonchev–Trinajstić information content (AvgIpc) is 2.60. The van der Waals surface area contributed by atoms with Crippen molar-refractivity contribution in [1.82, 2.24) is 10.3 Å². The number of rotatable bonds is 6. The molecule has 0 radical (unpaired) electrons. The van der Waals surface area contributed by atoms with E-state index in [-0.39, 0.29) is 11.4 Å². The lowest BCUT2D eigenvalue weighted by Gasteiger charge is -2.22. The number of aliphatic hydroxyl groups is 1. The number of amides is 2. The number of aromatic nitrogens is 1. The Kier molecular flexibility index (Phi) is 6.51. The van der Waals surface area contributed by atoms with Gasteiger partial charge in [0.05, 0.1) is 13.2 Å². The van der Waals surface area contributed by atoms with Crippen LogP contribution in [0.3, 0.4) is 0 Å². The summed E-state index contributed by atoms with van der Waals surface area (Å²) in [5, 5.41) is 20.9. The molecule has 5 N–H and O–H groups in total. The van der Waals surface area contributed by atoms with Crippen molar-refractivity contribution in [1.29, 1.82) is 0 Å². The fourth-order valence-electron chi connectivity index (χ4n) is 2.63. The maximum Gasteiger partial charge on any atom is 0.280 e. The number of hydrogen-bond donors (Lipinski definition) is 4. The molecule has 0 aliphatic heterocycles. The zero-order chi connectivity index (χ0) is 17.5. The summed E-state index contributed by atoms with van der Waals surface area (Å²) in [4.78, 5) is 27.3. The lowest BCUT2D eigenvalue weighted by Crippen LogP contribution is -2.45. The van der Waals surface area contributed by atoms with Crippen LogP contribution in [-0.4, -0.2) is 46.3 Å². The fraction of sp³-hybridized carbons (Fsp3) is 0.562. The van der Waals surface area contributed by atoms with Gasteiger partial charge in [0.1, 0.15) is 6.04 Å². The molecule has 1 aliphatic carbocycles. The van der Waals surface area contributed by atoms with Crippen molar-refractivity contribution >= 4 is 11.8 Å². The maximum atomic E-state index is 12.0. The Labute approximate surface area is 140 Å². The number of carbonyl (C=O) groups excluding carboxylic acids is 2.